The molecule has 168 valence electrons. The number of rotatable bonds is 6. The minimum absolute atomic E-state index is 0.344. The van der Waals surface area contributed by atoms with Gasteiger partial charge in [0, 0.05) is 17.4 Å². The third-order valence-electron chi connectivity index (χ3n) is 5.25. The Hall–Kier alpha value is -2.13. The average Bonchev–Trinajstić information content (AvgIpc) is 3.54. The van der Waals surface area contributed by atoms with Crippen LogP contribution in [0.1, 0.15) is 6.04 Å². The van der Waals surface area contributed by atoms with Crippen molar-refractivity contribution in [2.45, 2.75) is 34.7 Å². The van der Waals surface area contributed by atoms with Gasteiger partial charge in [-0.1, -0.05) is 17.0 Å². The Bertz CT molecular complexity index is 1210. The molecule has 1 saturated heterocycles. The van der Waals surface area contributed by atoms with E-state index in [-0.39, 0.29) is 6.61 Å². The second-order valence-electron chi connectivity index (χ2n) is 7.16. The van der Waals surface area contributed by atoms with Gasteiger partial charge in [0.1, 0.15) is 41.2 Å². The zero-order chi connectivity index (χ0) is 22.2. The highest BCUT2D eigenvalue weighted by Gasteiger charge is 2.47. The summed E-state index contributed by atoms with van der Waals surface area (Å²) in [6, 6.07) is 5.34. The second-order valence-corrected chi connectivity index (χ2v) is 10.1. The van der Waals surface area contributed by atoms with Gasteiger partial charge >= 0.3 is 0 Å². The van der Waals surface area contributed by atoms with Gasteiger partial charge in [0.2, 0.25) is 0 Å². The fourth-order valence-electron chi connectivity index (χ4n) is 3.70. The van der Waals surface area contributed by atoms with E-state index in [2.05, 4.69) is 20.3 Å². The Labute approximate surface area is 195 Å². The summed E-state index contributed by atoms with van der Waals surface area (Å²) in [6.45, 7) is -0.344. The Morgan fingerprint density at radius 2 is 2.19 bits per heavy atom. The molecule has 1 aliphatic heterocycles. The van der Waals surface area contributed by atoms with Crippen molar-refractivity contribution in [1.82, 2.24) is 25.0 Å². The molecule has 3 aromatic heterocycles. The smallest absolute Gasteiger partial charge is 0.180 e. The number of aliphatic hydroxyl groups is 2. The van der Waals surface area contributed by atoms with Crippen molar-refractivity contribution in [3.8, 4) is 11.4 Å². The highest BCUT2D eigenvalue weighted by molar-refractivity contribution is 7.99. The van der Waals surface area contributed by atoms with Gasteiger partial charge < -0.3 is 25.4 Å². The second kappa shape index (κ2) is 9.02. The van der Waals surface area contributed by atoms with Crippen LogP contribution in [0.3, 0.4) is 0 Å². The molecule has 0 bridgehead atoms. The van der Waals surface area contributed by atoms with Crippen LogP contribution in [0.4, 0.5) is 5.13 Å². The third kappa shape index (κ3) is 4.01. The summed E-state index contributed by atoms with van der Waals surface area (Å²) in [5.41, 5.74) is 9.11. The minimum Gasteiger partial charge on any atom is -0.394 e. The normalized spacial score (nSPS) is 26.0. The van der Waals surface area contributed by atoms with E-state index in [4.69, 9.17) is 15.2 Å². The fourth-order valence-corrected chi connectivity index (χ4v) is 6.25. The van der Waals surface area contributed by atoms with E-state index in [1.807, 2.05) is 18.2 Å². The Morgan fingerprint density at radius 1 is 1.31 bits per heavy atom. The van der Waals surface area contributed by atoms with E-state index < -0.39 is 29.8 Å². The van der Waals surface area contributed by atoms with E-state index in [0.717, 1.165) is 15.1 Å². The number of benzene rings is 1. The number of nitrogens with two attached hydrogens (primary N) is 1. The van der Waals surface area contributed by atoms with Gasteiger partial charge in [0.25, 0.3) is 0 Å². The summed E-state index contributed by atoms with van der Waals surface area (Å²) in [4.78, 5) is 9.51. The third-order valence-corrected chi connectivity index (χ3v) is 7.86. The lowest BCUT2D eigenvalue weighted by Gasteiger charge is -2.43. The molecule has 1 aliphatic rings. The zero-order valence-corrected chi connectivity index (χ0v) is 19.3. The van der Waals surface area contributed by atoms with E-state index >= 15 is 0 Å². The Balaban J connectivity index is 1.45. The molecular formula is C19H20N6O4S3. The number of fused-ring (bicyclic) bond motifs is 1. The molecule has 13 heteroatoms. The van der Waals surface area contributed by atoms with Crippen molar-refractivity contribution >= 4 is 49.8 Å². The summed E-state index contributed by atoms with van der Waals surface area (Å²) < 4.78 is 14.4. The van der Waals surface area contributed by atoms with Crippen LogP contribution in [0, 0.1) is 0 Å². The molecule has 1 aromatic carbocycles. The van der Waals surface area contributed by atoms with Crippen molar-refractivity contribution in [2.75, 3.05) is 19.5 Å². The first-order valence-electron chi connectivity index (χ1n) is 9.67. The van der Waals surface area contributed by atoms with E-state index in [9.17, 15) is 10.2 Å². The van der Waals surface area contributed by atoms with Crippen molar-refractivity contribution in [3.63, 3.8) is 0 Å². The first-order chi connectivity index (χ1) is 15.6. The molecule has 10 nitrogen and oxygen atoms in total. The lowest BCUT2D eigenvalue weighted by atomic mass is 9.97. The number of aliphatic hydroxyl groups excluding tert-OH is 2. The molecule has 5 atom stereocenters. The first kappa shape index (κ1) is 21.7. The van der Waals surface area contributed by atoms with Gasteiger partial charge in [-0.15, -0.1) is 27.8 Å². The summed E-state index contributed by atoms with van der Waals surface area (Å²) >= 11 is 4.34. The highest BCUT2D eigenvalue weighted by atomic mass is 32.2. The first-order valence-corrected chi connectivity index (χ1v) is 12.3. The zero-order valence-electron chi connectivity index (χ0n) is 16.8. The van der Waals surface area contributed by atoms with Crippen LogP contribution < -0.4 is 5.73 Å². The molecule has 0 spiro atoms. The largest absolute Gasteiger partial charge is 0.394 e. The molecular weight excluding hydrogens is 472 g/mol. The Morgan fingerprint density at radius 3 is 2.94 bits per heavy atom. The van der Waals surface area contributed by atoms with Gasteiger partial charge in [-0.05, 0) is 18.2 Å². The van der Waals surface area contributed by atoms with Crippen LogP contribution in [-0.2, 0) is 9.47 Å². The number of aromatic nitrogens is 5. The van der Waals surface area contributed by atoms with Crippen molar-refractivity contribution in [2.24, 2.45) is 0 Å². The maximum absolute atomic E-state index is 11.0. The van der Waals surface area contributed by atoms with Crippen LogP contribution in [0.15, 0.2) is 40.2 Å². The van der Waals surface area contributed by atoms with Crippen LogP contribution in [0.2, 0.25) is 0 Å². The standard InChI is InChI=1S/C19H20N6O4S3/c1-28-17-15(25-5-11(23-24-25)12-7-30-19(20)22-12)16(27)13(6-26)29-18(17)32-9-2-3-10-14(4-9)31-8-21-10/h2-5,7-8,13,15-18,26-27H,6H2,1H3,(H2,20,22)/t13-,15+,16+,17-,18-/m1/s1. The number of hydrogen-bond donors (Lipinski definition) is 3. The molecule has 5 rings (SSSR count). The number of thioether (sulfide) groups is 1. The van der Waals surface area contributed by atoms with Gasteiger partial charge in [-0.3, -0.25) is 0 Å². The molecule has 1 fully saturated rings. The summed E-state index contributed by atoms with van der Waals surface area (Å²) in [5.74, 6) is 0. The summed E-state index contributed by atoms with van der Waals surface area (Å²) in [6.07, 6.45) is -0.733. The molecule has 32 heavy (non-hydrogen) atoms. The maximum Gasteiger partial charge on any atom is 0.180 e. The van der Waals surface area contributed by atoms with Gasteiger partial charge in [-0.25, -0.2) is 14.6 Å². The number of nitrogens with zero attached hydrogens (tertiary/aromatic N) is 5. The van der Waals surface area contributed by atoms with E-state index in [0.29, 0.717) is 16.5 Å². The SMILES string of the molecule is CO[C@@H]1[C@@H](n2cc(-c3csc(N)n3)nn2)[C@@H](O)[C@@H](CO)O[C@@H]1Sc1ccc2ncsc2c1. The van der Waals surface area contributed by atoms with Gasteiger partial charge in [0.05, 0.1) is 28.5 Å². The molecule has 0 saturated carbocycles. The number of ether oxygens (including phenoxy) is 2. The van der Waals surface area contributed by atoms with Crippen LogP contribution in [0.25, 0.3) is 21.6 Å². The molecule has 0 radical (unpaired) electrons. The maximum atomic E-state index is 11.0. The highest BCUT2D eigenvalue weighted by Crippen LogP contribution is 2.40. The lowest BCUT2D eigenvalue weighted by molar-refractivity contribution is -0.186. The summed E-state index contributed by atoms with van der Waals surface area (Å²) in [5, 5.41) is 31.5. The monoisotopic (exact) mass is 492 g/mol. The number of hydrogen-bond acceptors (Lipinski definition) is 12. The van der Waals surface area contributed by atoms with Crippen molar-refractivity contribution < 1.29 is 19.7 Å². The van der Waals surface area contributed by atoms with E-state index in [1.165, 1.54) is 23.1 Å². The molecule has 0 amide bonds. The molecule has 0 aliphatic carbocycles. The Kier molecular flexibility index (Phi) is 6.11. The molecule has 4 heterocycles. The van der Waals surface area contributed by atoms with Crippen LogP contribution in [-0.4, -0.2) is 72.6 Å². The fraction of sp³-hybridized carbons (Fsp3) is 0.368. The molecule has 4 N–H and O–H groups in total. The number of methoxy groups -OCH3 is 1. The minimum atomic E-state index is -1.05. The van der Waals surface area contributed by atoms with Crippen LogP contribution in [0.5, 0.6) is 0 Å². The van der Waals surface area contributed by atoms with Crippen molar-refractivity contribution in [1.29, 1.82) is 0 Å². The van der Waals surface area contributed by atoms with Crippen molar-refractivity contribution in [3.05, 3.63) is 35.3 Å². The lowest BCUT2D eigenvalue weighted by Crippen LogP contribution is -2.55. The average molecular weight is 493 g/mol. The van der Waals surface area contributed by atoms with E-state index in [1.54, 1.807) is 40.2 Å². The number of thiazole rings is 2. The van der Waals surface area contributed by atoms with Gasteiger partial charge in [0.15, 0.2) is 5.13 Å². The predicted octanol–water partition coefficient (Wildman–Crippen LogP) is 2.02. The topological polar surface area (TPSA) is 141 Å². The van der Waals surface area contributed by atoms with Crippen LogP contribution >= 0.6 is 34.4 Å². The van der Waals surface area contributed by atoms with Gasteiger partial charge in [-0.2, -0.15) is 0 Å². The number of anilines is 1. The number of nitrogen functional groups attached to an aromatic ring is 1. The predicted molar refractivity (Wildman–Crippen MR) is 123 cm³/mol. The molecule has 0 unspecified atom stereocenters. The summed E-state index contributed by atoms with van der Waals surface area (Å²) in [7, 11) is 1.56. The molecule has 4 aromatic rings. The quantitative estimate of drug-likeness (QED) is 0.366.